The number of anilines is 1. The lowest BCUT2D eigenvalue weighted by molar-refractivity contribution is 0.643. The minimum absolute atomic E-state index is 0.294. The summed E-state index contributed by atoms with van der Waals surface area (Å²) in [6, 6.07) is 17.2. The largest absolute Gasteiger partial charge is 0.369 e. The summed E-state index contributed by atoms with van der Waals surface area (Å²) >= 11 is 0. The van der Waals surface area contributed by atoms with Crippen LogP contribution in [0.15, 0.2) is 59.7 Å². The highest BCUT2D eigenvalue weighted by Crippen LogP contribution is 2.42. The first kappa shape index (κ1) is 22.0. The minimum Gasteiger partial charge on any atom is -0.369 e. The molecule has 1 aliphatic rings. The number of nitrogens with zero attached hydrogens (tertiary/aromatic N) is 4. The number of benzene rings is 2. The van der Waals surface area contributed by atoms with Crippen LogP contribution in [0.3, 0.4) is 0 Å². The van der Waals surface area contributed by atoms with E-state index in [-0.39, 0.29) is 0 Å². The van der Waals surface area contributed by atoms with Crippen LogP contribution in [-0.4, -0.2) is 41.8 Å². The van der Waals surface area contributed by atoms with E-state index in [2.05, 4.69) is 70.7 Å². The molecule has 2 aromatic carbocycles. The molecule has 0 aliphatic heterocycles. The highest BCUT2D eigenvalue weighted by atomic mass is 15.1. The van der Waals surface area contributed by atoms with Gasteiger partial charge in [0.25, 0.3) is 0 Å². The van der Waals surface area contributed by atoms with Crippen LogP contribution >= 0.6 is 0 Å². The van der Waals surface area contributed by atoms with Gasteiger partial charge in [0.05, 0.1) is 17.7 Å². The third-order valence-corrected chi connectivity index (χ3v) is 5.93. The highest BCUT2D eigenvalue weighted by molar-refractivity contribution is 5.72. The van der Waals surface area contributed by atoms with Gasteiger partial charge in [-0.05, 0) is 41.7 Å². The summed E-state index contributed by atoms with van der Waals surface area (Å²) in [5, 5.41) is 3.41. The first-order valence-electron chi connectivity index (χ1n) is 11.7. The molecule has 4 rings (SSSR count). The van der Waals surface area contributed by atoms with Gasteiger partial charge in [-0.25, -0.2) is 15.0 Å². The number of aliphatic imine (C=N–C) groups is 1. The Morgan fingerprint density at radius 3 is 2.66 bits per heavy atom. The molecule has 1 N–H and O–H groups in total. The van der Waals surface area contributed by atoms with Crippen molar-refractivity contribution in [2.24, 2.45) is 4.99 Å². The number of unbranched alkanes of at least 4 members (excludes halogenated alkanes) is 3. The van der Waals surface area contributed by atoms with Gasteiger partial charge in [-0.15, -0.1) is 0 Å². The van der Waals surface area contributed by atoms with Crippen LogP contribution in [0.1, 0.15) is 55.2 Å². The number of hydrogen-bond acceptors (Lipinski definition) is 4. The van der Waals surface area contributed by atoms with Gasteiger partial charge in [-0.3, -0.25) is 0 Å². The smallest absolute Gasteiger partial charge is 0.223 e. The van der Waals surface area contributed by atoms with E-state index in [0.29, 0.717) is 5.92 Å². The predicted octanol–water partition coefficient (Wildman–Crippen LogP) is 6.05. The Bertz CT molecular complexity index is 1060. The van der Waals surface area contributed by atoms with Crippen LogP contribution in [0, 0.1) is 0 Å². The summed E-state index contributed by atoms with van der Waals surface area (Å²) in [6.07, 6.45) is 9.68. The van der Waals surface area contributed by atoms with Crippen LogP contribution < -0.4 is 5.32 Å². The summed E-state index contributed by atoms with van der Waals surface area (Å²) in [4.78, 5) is 16.0. The Morgan fingerprint density at radius 2 is 1.88 bits per heavy atom. The van der Waals surface area contributed by atoms with E-state index in [1.165, 1.54) is 41.5 Å². The van der Waals surface area contributed by atoms with Crippen LogP contribution in [0.25, 0.3) is 11.3 Å². The quantitative estimate of drug-likeness (QED) is 0.257. The highest BCUT2D eigenvalue weighted by Gasteiger charge is 2.27. The van der Waals surface area contributed by atoms with Crippen molar-refractivity contribution in [1.29, 1.82) is 0 Å². The molecule has 0 fully saturated rings. The zero-order chi connectivity index (χ0) is 22.3. The maximum Gasteiger partial charge on any atom is 0.223 e. The fourth-order valence-electron chi connectivity index (χ4n) is 4.25. The molecule has 0 bridgehead atoms. The van der Waals surface area contributed by atoms with Gasteiger partial charge in [-0.2, -0.15) is 0 Å². The van der Waals surface area contributed by atoms with Crippen molar-refractivity contribution in [1.82, 2.24) is 14.9 Å². The fourth-order valence-corrected chi connectivity index (χ4v) is 4.25. The molecule has 1 unspecified atom stereocenters. The molecule has 5 heteroatoms. The fraction of sp³-hybridized carbons (Fsp3) is 0.370. The Kier molecular flexibility index (Phi) is 7.15. The summed E-state index contributed by atoms with van der Waals surface area (Å²) in [7, 11) is 3.95. The predicted molar refractivity (Wildman–Crippen MR) is 134 cm³/mol. The van der Waals surface area contributed by atoms with Crippen LogP contribution in [0.4, 0.5) is 11.6 Å². The van der Waals surface area contributed by atoms with E-state index in [1.807, 2.05) is 31.5 Å². The molecule has 1 aromatic heterocycles. The molecule has 0 saturated heterocycles. The van der Waals surface area contributed by atoms with Gasteiger partial charge in [-0.1, -0.05) is 62.6 Å². The second-order valence-corrected chi connectivity index (χ2v) is 8.70. The van der Waals surface area contributed by atoms with Gasteiger partial charge in [0, 0.05) is 38.3 Å². The van der Waals surface area contributed by atoms with Crippen molar-refractivity contribution in [3.05, 3.63) is 71.4 Å². The summed E-state index contributed by atoms with van der Waals surface area (Å²) in [6.45, 7) is 3.16. The lowest BCUT2D eigenvalue weighted by Gasteiger charge is -2.27. The Hall–Kier alpha value is -3.21. The van der Waals surface area contributed by atoms with Gasteiger partial charge >= 0.3 is 0 Å². The van der Waals surface area contributed by atoms with Gasteiger partial charge in [0.15, 0.2) is 0 Å². The third kappa shape index (κ3) is 5.16. The summed E-state index contributed by atoms with van der Waals surface area (Å²) < 4.78 is 0. The van der Waals surface area contributed by atoms with Crippen molar-refractivity contribution in [2.45, 2.75) is 44.9 Å². The second kappa shape index (κ2) is 10.4. The minimum atomic E-state index is 0.294. The molecule has 1 aliphatic carbocycles. The molecule has 0 saturated carbocycles. The van der Waals surface area contributed by atoms with E-state index in [9.17, 15) is 0 Å². The molecular formula is C27H33N5. The topological polar surface area (TPSA) is 53.4 Å². The van der Waals surface area contributed by atoms with Crippen LogP contribution in [-0.2, 0) is 6.42 Å². The van der Waals surface area contributed by atoms with Crippen molar-refractivity contribution in [3.8, 4) is 11.3 Å². The van der Waals surface area contributed by atoms with Gasteiger partial charge in [0.1, 0.15) is 0 Å². The average molecular weight is 428 g/mol. The van der Waals surface area contributed by atoms with E-state index in [0.717, 1.165) is 36.7 Å². The molecule has 32 heavy (non-hydrogen) atoms. The Balaban J connectivity index is 1.56. The SMILES string of the molecule is CCCCCCNc1ncc2c(n1)-c1ccccc1C(c1ccc(/N=C/N(C)C)cc1)C2. The van der Waals surface area contributed by atoms with Crippen molar-refractivity contribution in [3.63, 3.8) is 0 Å². The van der Waals surface area contributed by atoms with Crippen molar-refractivity contribution < 1.29 is 0 Å². The maximum absolute atomic E-state index is 4.91. The van der Waals surface area contributed by atoms with E-state index in [1.54, 1.807) is 0 Å². The molecule has 0 amide bonds. The molecule has 3 aromatic rings. The van der Waals surface area contributed by atoms with Crippen LogP contribution in [0.2, 0.25) is 0 Å². The normalized spacial score (nSPS) is 14.8. The number of hydrogen-bond donors (Lipinski definition) is 1. The number of fused-ring (bicyclic) bond motifs is 3. The molecule has 5 nitrogen and oxygen atoms in total. The molecule has 0 spiro atoms. The van der Waals surface area contributed by atoms with Crippen molar-refractivity contribution in [2.75, 3.05) is 26.0 Å². The standard InChI is InChI=1S/C27H33N5/c1-4-5-6-9-16-28-27-29-18-21-17-25(23-10-7-8-11-24(23)26(21)31-27)20-12-14-22(15-13-20)30-19-32(2)3/h7-8,10-15,18-19,25H,4-6,9,16-17H2,1-3H3,(H,28,29,31)/b30-19+. The Morgan fingerprint density at radius 1 is 1.06 bits per heavy atom. The first-order chi connectivity index (χ1) is 15.7. The number of rotatable bonds is 9. The molecule has 0 radical (unpaired) electrons. The average Bonchev–Trinajstić information content (AvgIpc) is 2.82. The van der Waals surface area contributed by atoms with E-state index >= 15 is 0 Å². The third-order valence-electron chi connectivity index (χ3n) is 5.93. The molecule has 1 heterocycles. The lowest BCUT2D eigenvalue weighted by Crippen LogP contribution is -2.15. The first-order valence-corrected chi connectivity index (χ1v) is 11.7. The summed E-state index contributed by atoms with van der Waals surface area (Å²) in [5.41, 5.74) is 7.08. The maximum atomic E-state index is 4.91. The monoisotopic (exact) mass is 427 g/mol. The van der Waals surface area contributed by atoms with E-state index in [4.69, 9.17) is 4.98 Å². The second-order valence-electron chi connectivity index (χ2n) is 8.70. The molecular weight excluding hydrogens is 394 g/mol. The Labute approximate surface area is 191 Å². The van der Waals surface area contributed by atoms with Gasteiger partial charge in [0.2, 0.25) is 5.95 Å². The zero-order valence-electron chi connectivity index (χ0n) is 19.4. The molecule has 166 valence electrons. The number of nitrogens with one attached hydrogen (secondary N) is 1. The van der Waals surface area contributed by atoms with Crippen LogP contribution in [0.5, 0.6) is 0 Å². The summed E-state index contributed by atoms with van der Waals surface area (Å²) in [5.74, 6) is 1.03. The zero-order valence-corrected chi connectivity index (χ0v) is 19.4. The van der Waals surface area contributed by atoms with Crippen molar-refractivity contribution >= 4 is 18.0 Å². The number of aromatic nitrogens is 2. The lowest BCUT2D eigenvalue weighted by atomic mass is 9.78. The molecule has 1 atom stereocenters. The van der Waals surface area contributed by atoms with Gasteiger partial charge < -0.3 is 10.2 Å². The van der Waals surface area contributed by atoms with E-state index < -0.39 is 0 Å².